The molecule has 2 aliphatic heterocycles. The van der Waals surface area contributed by atoms with Crippen molar-refractivity contribution in [1.82, 2.24) is 24.8 Å². The number of H-pyrrole nitrogens is 1. The summed E-state index contributed by atoms with van der Waals surface area (Å²) in [6.45, 7) is 6.58. The van der Waals surface area contributed by atoms with Gasteiger partial charge in [0.05, 0.1) is 11.8 Å². The van der Waals surface area contributed by atoms with Crippen molar-refractivity contribution in [3.8, 4) is 0 Å². The molecule has 0 saturated carbocycles. The molecule has 0 radical (unpaired) electrons. The molecule has 4 heterocycles. The zero-order valence-corrected chi connectivity index (χ0v) is 15.5. The third kappa shape index (κ3) is 3.15. The quantitative estimate of drug-likeness (QED) is 0.825. The molecule has 0 aliphatic carbocycles. The van der Waals surface area contributed by atoms with Crippen LogP contribution in [0.15, 0.2) is 25.0 Å². The van der Waals surface area contributed by atoms with Crippen molar-refractivity contribution >= 4 is 28.8 Å². The van der Waals surface area contributed by atoms with E-state index in [1.54, 1.807) is 12.4 Å². The Hall–Kier alpha value is -2.90. The zero-order valence-electron chi connectivity index (χ0n) is 15.5. The second-order valence-corrected chi connectivity index (χ2v) is 7.15. The predicted molar refractivity (Wildman–Crippen MR) is 103 cm³/mol. The highest BCUT2D eigenvalue weighted by atomic mass is 16.2. The van der Waals surface area contributed by atoms with Crippen molar-refractivity contribution in [2.75, 3.05) is 38.1 Å². The number of carbonyl (C=O) groups is 2. The number of aromatic amines is 1. The normalized spacial score (nSPS) is 17.7. The zero-order chi connectivity index (χ0) is 19.0. The second kappa shape index (κ2) is 7.02. The lowest BCUT2D eigenvalue weighted by atomic mass is 10.0. The molecule has 0 atom stereocenters. The third-order valence-corrected chi connectivity index (χ3v) is 5.60. The van der Waals surface area contributed by atoms with Crippen molar-refractivity contribution < 1.29 is 9.59 Å². The van der Waals surface area contributed by atoms with Crippen LogP contribution in [-0.2, 0) is 4.79 Å². The maximum Gasteiger partial charge on any atom is 0.257 e. The van der Waals surface area contributed by atoms with Crippen LogP contribution in [0, 0.1) is 0 Å². The lowest BCUT2D eigenvalue weighted by molar-refractivity contribution is -0.127. The lowest BCUT2D eigenvalue weighted by Gasteiger charge is -2.36. The van der Waals surface area contributed by atoms with Crippen LogP contribution in [-0.4, -0.2) is 75.8 Å². The number of fused-ring (bicyclic) bond motifs is 1. The second-order valence-electron chi connectivity index (χ2n) is 7.15. The van der Waals surface area contributed by atoms with E-state index in [2.05, 4.69) is 21.4 Å². The van der Waals surface area contributed by atoms with E-state index in [4.69, 9.17) is 4.98 Å². The number of hydrogen-bond donors (Lipinski definition) is 1. The molecule has 1 N–H and O–H groups in total. The summed E-state index contributed by atoms with van der Waals surface area (Å²) in [4.78, 5) is 42.3. The molecule has 4 rings (SSSR count). The molecule has 0 spiro atoms. The number of hydrogen-bond acceptors (Lipinski definition) is 5. The first-order valence-electron chi connectivity index (χ1n) is 9.36. The predicted octanol–water partition coefficient (Wildman–Crippen LogP) is 1.42. The van der Waals surface area contributed by atoms with Crippen LogP contribution in [0.4, 0.5) is 5.82 Å². The standard InChI is InChI=1S/C19H24N6O2/c1-3-16(26)24-9-5-13(6-10-24)23(2)15-12-21-18-17(22-15)14(11-20-18)19(27)25-7-4-8-25/h3,11-13H,1,4-10H2,2H3,(H,20,21). The molecular weight excluding hydrogens is 344 g/mol. The van der Waals surface area contributed by atoms with Crippen LogP contribution >= 0.6 is 0 Å². The minimum Gasteiger partial charge on any atom is -0.355 e. The molecule has 2 aromatic heterocycles. The van der Waals surface area contributed by atoms with E-state index >= 15 is 0 Å². The summed E-state index contributed by atoms with van der Waals surface area (Å²) in [7, 11) is 2.00. The van der Waals surface area contributed by atoms with Gasteiger partial charge >= 0.3 is 0 Å². The molecule has 0 aromatic carbocycles. The van der Waals surface area contributed by atoms with Gasteiger partial charge in [-0.15, -0.1) is 0 Å². The van der Waals surface area contributed by atoms with Crippen LogP contribution in [0.25, 0.3) is 11.2 Å². The van der Waals surface area contributed by atoms with Gasteiger partial charge in [0, 0.05) is 45.5 Å². The van der Waals surface area contributed by atoms with E-state index < -0.39 is 0 Å². The van der Waals surface area contributed by atoms with Crippen LogP contribution in [0.1, 0.15) is 29.6 Å². The Morgan fingerprint density at radius 3 is 2.63 bits per heavy atom. The number of nitrogens with one attached hydrogen (secondary N) is 1. The Balaban J connectivity index is 1.52. The molecule has 8 nitrogen and oxygen atoms in total. The van der Waals surface area contributed by atoms with Gasteiger partial charge in [-0.25, -0.2) is 9.97 Å². The van der Waals surface area contributed by atoms with Crippen molar-refractivity contribution in [1.29, 1.82) is 0 Å². The fourth-order valence-corrected chi connectivity index (χ4v) is 3.69. The number of carbonyl (C=O) groups excluding carboxylic acids is 2. The Morgan fingerprint density at radius 1 is 1.26 bits per heavy atom. The van der Waals surface area contributed by atoms with Crippen molar-refractivity contribution in [3.05, 3.63) is 30.6 Å². The summed E-state index contributed by atoms with van der Waals surface area (Å²) in [5, 5.41) is 0. The van der Waals surface area contributed by atoms with E-state index in [9.17, 15) is 9.59 Å². The molecule has 0 unspecified atom stereocenters. The average Bonchev–Trinajstić information content (AvgIpc) is 3.08. The van der Waals surface area contributed by atoms with Crippen LogP contribution in [0.2, 0.25) is 0 Å². The summed E-state index contributed by atoms with van der Waals surface area (Å²) >= 11 is 0. The molecule has 2 saturated heterocycles. The van der Waals surface area contributed by atoms with Crippen LogP contribution in [0.5, 0.6) is 0 Å². The van der Waals surface area contributed by atoms with Crippen molar-refractivity contribution in [2.24, 2.45) is 0 Å². The first-order valence-corrected chi connectivity index (χ1v) is 9.36. The van der Waals surface area contributed by atoms with Gasteiger partial charge in [-0.3, -0.25) is 9.59 Å². The van der Waals surface area contributed by atoms with E-state index in [0.717, 1.165) is 38.2 Å². The topological polar surface area (TPSA) is 85.4 Å². The number of aromatic nitrogens is 3. The summed E-state index contributed by atoms with van der Waals surface area (Å²) in [6, 6.07) is 0.277. The fraction of sp³-hybridized carbons (Fsp3) is 0.474. The van der Waals surface area contributed by atoms with Gasteiger partial charge in [-0.2, -0.15) is 0 Å². The number of piperidine rings is 1. The van der Waals surface area contributed by atoms with E-state index in [1.807, 2.05) is 16.8 Å². The van der Waals surface area contributed by atoms with Gasteiger partial charge in [-0.05, 0) is 25.3 Å². The number of nitrogens with zero attached hydrogens (tertiary/aromatic N) is 5. The smallest absolute Gasteiger partial charge is 0.257 e. The molecule has 2 aromatic rings. The highest BCUT2D eigenvalue weighted by Crippen LogP contribution is 2.24. The lowest BCUT2D eigenvalue weighted by Crippen LogP contribution is -2.45. The monoisotopic (exact) mass is 368 g/mol. The molecule has 0 bridgehead atoms. The van der Waals surface area contributed by atoms with Gasteiger partial charge < -0.3 is 19.7 Å². The Kier molecular flexibility index (Phi) is 4.55. The van der Waals surface area contributed by atoms with E-state index in [0.29, 0.717) is 29.8 Å². The number of anilines is 1. The first-order chi connectivity index (χ1) is 13.1. The largest absolute Gasteiger partial charge is 0.355 e. The van der Waals surface area contributed by atoms with Crippen LogP contribution in [0.3, 0.4) is 0 Å². The van der Waals surface area contributed by atoms with Crippen LogP contribution < -0.4 is 4.90 Å². The fourth-order valence-electron chi connectivity index (χ4n) is 3.69. The number of likely N-dealkylation sites (tertiary alicyclic amines) is 2. The summed E-state index contributed by atoms with van der Waals surface area (Å²) in [5.41, 5.74) is 1.83. The Labute approximate surface area is 157 Å². The van der Waals surface area contributed by atoms with E-state index in [-0.39, 0.29) is 17.9 Å². The maximum absolute atomic E-state index is 12.6. The minimum absolute atomic E-state index is 0.0119. The Bertz CT molecular complexity index is 879. The summed E-state index contributed by atoms with van der Waals surface area (Å²) in [6.07, 6.45) is 7.59. The molecule has 8 heteroatoms. The average molecular weight is 368 g/mol. The van der Waals surface area contributed by atoms with E-state index in [1.165, 1.54) is 6.08 Å². The summed E-state index contributed by atoms with van der Waals surface area (Å²) in [5.74, 6) is 0.741. The number of amides is 2. The highest BCUT2D eigenvalue weighted by molar-refractivity contribution is 6.04. The van der Waals surface area contributed by atoms with Gasteiger partial charge in [-0.1, -0.05) is 6.58 Å². The van der Waals surface area contributed by atoms with Crippen molar-refractivity contribution in [3.63, 3.8) is 0 Å². The molecule has 142 valence electrons. The third-order valence-electron chi connectivity index (χ3n) is 5.60. The number of rotatable bonds is 4. The van der Waals surface area contributed by atoms with Gasteiger partial charge in [0.25, 0.3) is 5.91 Å². The van der Waals surface area contributed by atoms with Gasteiger partial charge in [0.15, 0.2) is 5.65 Å². The molecule has 2 amide bonds. The molecular formula is C19H24N6O2. The minimum atomic E-state index is -0.0150. The first kappa shape index (κ1) is 17.5. The molecule has 2 aliphatic rings. The highest BCUT2D eigenvalue weighted by Gasteiger charge is 2.27. The summed E-state index contributed by atoms with van der Waals surface area (Å²) < 4.78 is 0. The molecule has 2 fully saturated rings. The Morgan fingerprint density at radius 2 is 2.00 bits per heavy atom. The molecule has 27 heavy (non-hydrogen) atoms. The van der Waals surface area contributed by atoms with Crippen molar-refractivity contribution in [2.45, 2.75) is 25.3 Å². The van der Waals surface area contributed by atoms with Gasteiger partial charge in [0.2, 0.25) is 5.91 Å². The SMILES string of the molecule is C=CC(=O)N1CCC(N(C)c2cnc3[nH]cc(C(=O)N4CCC4)c3n2)CC1. The van der Waals surface area contributed by atoms with Gasteiger partial charge in [0.1, 0.15) is 11.3 Å². The maximum atomic E-state index is 12.6.